The van der Waals surface area contributed by atoms with E-state index in [1.165, 1.54) is 0 Å². The molecule has 7 heteroatoms. The zero-order valence-electron chi connectivity index (χ0n) is 13.7. The average Bonchev–Trinajstić information content (AvgIpc) is 3.10. The number of amides is 1. The van der Waals surface area contributed by atoms with E-state index >= 15 is 0 Å². The van der Waals surface area contributed by atoms with Crippen molar-refractivity contribution in [1.29, 1.82) is 0 Å². The molecule has 1 saturated heterocycles. The first kappa shape index (κ1) is 15.6. The Hall–Kier alpha value is -2.93. The second kappa shape index (κ2) is 6.90. The minimum Gasteiger partial charge on any atom is -0.378 e. The number of nitrogens with one attached hydrogen (secondary N) is 2. The summed E-state index contributed by atoms with van der Waals surface area (Å²) in [7, 11) is 0. The van der Waals surface area contributed by atoms with Crippen LogP contribution < -0.4 is 10.2 Å². The van der Waals surface area contributed by atoms with Crippen LogP contribution in [0.5, 0.6) is 0 Å². The molecule has 1 aliphatic heterocycles. The van der Waals surface area contributed by atoms with Crippen LogP contribution in [-0.4, -0.2) is 47.2 Å². The van der Waals surface area contributed by atoms with Crippen LogP contribution in [0.4, 0.5) is 5.82 Å². The Labute approximate surface area is 145 Å². The van der Waals surface area contributed by atoms with Gasteiger partial charge in [0, 0.05) is 24.8 Å². The third-order valence-corrected chi connectivity index (χ3v) is 4.20. The van der Waals surface area contributed by atoms with Crippen molar-refractivity contribution in [1.82, 2.24) is 20.3 Å². The molecule has 25 heavy (non-hydrogen) atoms. The van der Waals surface area contributed by atoms with Crippen molar-refractivity contribution in [3.63, 3.8) is 0 Å². The molecule has 1 aromatic carbocycles. The Morgan fingerprint density at radius 3 is 2.92 bits per heavy atom. The van der Waals surface area contributed by atoms with Crippen molar-refractivity contribution in [2.75, 3.05) is 31.2 Å². The number of hydrogen-bond acceptors (Lipinski definition) is 5. The lowest BCUT2D eigenvalue weighted by atomic mass is 10.2. The van der Waals surface area contributed by atoms with Crippen molar-refractivity contribution >= 4 is 22.8 Å². The van der Waals surface area contributed by atoms with Crippen molar-refractivity contribution < 1.29 is 9.53 Å². The number of aromatic amines is 1. The van der Waals surface area contributed by atoms with Gasteiger partial charge in [-0.1, -0.05) is 12.1 Å². The summed E-state index contributed by atoms with van der Waals surface area (Å²) in [4.78, 5) is 26.6. The van der Waals surface area contributed by atoms with E-state index in [0.29, 0.717) is 25.3 Å². The summed E-state index contributed by atoms with van der Waals surface area (Å²) in [6.45, 7) is 3.30. The second-order valence-corrected chi connectivity index (χ2v) is 5.89. The number of aromatic nitrogens is 3. The molecule has 3 heterocycles. The van der Waals surface area contributed by atoms with Crippen LogP contribution in [0.25, 0.3) is 11.0 Å². The molecule has 1 fully saturated rings. The van der Waals surface area contributed by atoms with Gasteiger partial charge in [0.2, 0.25) is 0 Å². The van der Waals surface area contributed by atoms with Gasteiger partial charge in [-0.05, 0) is 24.3 Å². The Kier molecular flexibility index (Phi) is 4.30. The van der Waals surface area contributed by atoms with Gasteiger partial charge in [-0.25, -0.2) is 9.97 Å². The van der Waals surface area contributed by atoms with Gasteiger partial charge in [-0.3, -0.25) is 4.79 Å². The smallest absolute Gasteiger partial charge is 0.251 e. The van der Waals surface area contributed by atoms with Crippen LogP contribution in [0.15, 0.2) is 42.6 Å². The van der Waals surface area contributed by atoms with Crippen LogP contribution in [0.2, 0.25) is 0 Å². The van der Waals surface area contributed by atoms with Crippen molar-refractivity contribution in [3.05, 3.63) is 54.0 Å². The van der Waals surface area contributed by atoms with E-state index in [9.17, 15) is 4.79 Å². The largest absolute Gasteiger partial charge is 0.378 e. The SMILES string of the molecule is O=C(NCc1nc2ccccc2[nH]1)c1ccnc(N2CCOCC2)c1. The third-order valence-electron chi connectivity index (χ3n) is 4.20. The number of rotatable bonds is 4. The molecule has 0 unspecified atom stereocenters. The third kappa shape index (κ3) is 3.46. The Morgan fingerprint density at radius 2 is 2.08 bits per heavy atom. The van der Waals surface area contributed by atoms with Gasteiger partial charge in [0.25, 0.3) is 5.91 Å². The summed E-state index contributed by atoms with van der Waals surface area (Å²) in [6.07, 6.45) is 1.67. The molecule has 4 rings (SSSR count). The highest BCUT2D eigenvalue weighted by molar-refractivity contribution is 5.94. The summed E-state index contributed by atoms with van der Waals surface area (Å²) in [5, 5.41) is 2.90. The van der Waals surface area contributed by atoms with Crippen LogP contribution in [0.1, 0.15) is 16.2 Å². The first-order valence-corrected chi connectivity index (χ1v) is 8.30. The van der Waals surface area contributed by atoms with E-state index in [-0.39, 0.29) is 5.91 Å². The van der Waals surface area contributed by atoms with Gasteiger partial charge in [0.1, 0.15) is 11.6 Å². The molecule has 1 amide bonds. The molecular formula is C18H19N5O2. The molecule has 0 aliphatic carbocycles. The number of morpholine rings is 1. The fraction of sp³-hybridized carbons (Fsp3) is 0.278. The van der Waals surface area contributed by atoms with E-state index in [2.05, 4.69) is 25.2 Å². The maximum atomic E-state index is 12.4. The quantitative estimate of drug-likeness (QED) is 0.757. The number of para-hydroxylation sites is 2. The van der Waals surface area contributed by atoms with E-state index in [4.69, 9.17) is 4.74 Å². The normalized spacial score (nSPS) is 14.6. The van der Waals surface area contributed by atoms with Crippen LogP contribution in [0.3, 0.4) is 0 Å². The minimum atomic E-state index is -0.141. The van der Waals surface area contributed by atoms with E-state index < -0.39 is 0 Å². The number of carbonyl (C=O) groups excluding carboxylic acids is 1. The monoisotopic (exact) mass is 337 g/mol. The number of H-pyrrole nitrogens is 1. The van der Waals surface area contributed by atoms with Crippen LogP contribution in [0, 0.1) is 0 Å². The van der Waals surface area contributed by atoms with Gasteiger partial charge < -0.3 is 19.9 Å². The van der Waals surface area contributed by atoms with Crippen LogP contribution >= 0.6 is 0 Å². The van der Waals surface area contributed by atoms with Crippen molar-refractivity contribution in [3.8, 4) is 0 Å². The topological polar surface area (TPSA) is 83.1 Å². The molecule has 2 N–H and O–H groups in total. The van der Waals surface area contributed by atoms with Gasteiger partial charge >= 0.3 is 0 Å². The minimum absolute atomic E-state index is 0.141. The number of carbonyl (C=O) groups is 1. The molecule has 2 aromatic heterocycles. The standard InChI is InChI=1S/C18H19N5O2/c24-18(20-12-16-21-14-3-1-2-4-15(14)22-16)13-5-6-19-17(11-13)23-7-9-25-10-8-23/h1-6,11H,7-10,12H2,(H,20,24)(H,21,22). The van der Waals surface area contributed by atoms with E-state index in [0.717, 1.165) is 35.8 Å². The number of imidazole rings is 1. The fourth-order valence-corrected chi connectivity index (χ4v) is 2.88. The van der Waals surface area contributed by atoms with Gasteiger partial charge in [-0.15, -0.1) is 0 Å². The summed E-state index contributed by atoms with van der Waals surface area (Å²) >= 11 is 0. The van der Waals surface area contributed by atoms with E-state index in [1.807, 2.05) is 30.3 Å². The average molecular weight is 337 g/mol. The lowest BCUT2D eigenvalue weighted by Crippen LogP contribution is -2.37. The maximum Gasteiger partial charge on any atom is 0.251 e. The maximum absolute atomic E-state index is 12.4. The highest BCUT2D eigenvalue weighted by Gasteiger charge is 2.14. The lowest BCUT2D eigenvalue weighted by Gasteiger charge is -2.27. The zero-order valence-corrected chi connectivity index (χ0v) is 13.7. The molecule has 3 aromatic rings. The van der Waals surface area contributed by atoms with Gasteiger partial charge in [0.05, 0.1) is 30.8 Å². The number of benzene rings is 1. The fourth-order valence-electron chi connectivity index (χ4n) is 2.88. The Balaban J connectivity index is 1.43. The molecule has 0 saturated carbocycles. The van der Waals surface area contributed by atoms with Gasteiger partial charge in [0.15, 0.2) is 0 Å². The van der Waals surface area contributed by atoms with Gasteiger partial charge in [-0.2, -0.15) is 0 Å². The molecule has 0 atom stereocenters. The number of pyridine rings is 1. The molecule has 1 aliphatic rings. The number of ether oxygens (including phenoxy) is 1. The van der Waals surface area contributed by atoms with Crippen LogP contribution in [-0.2, 0) is 11.3 Å². The molecule has 0 bridgehead atoms. The summed E-state index contributed by atoms with van der Waals surface area (Å²) in [5.74, 6) is 1.40. The molecular weight excluding hydrogens is 318 g/mol. The predicted octanol–water partition coefficient (Wildman–Crippen LogP) is 1.72. The Morgan fingerprint density at radius 1 is 1.24 bits per heavy atom. The number of fused-ring (bicyclic) bond motifs is 1. The van der Waals surface area contributed by atoms with Crippen molar-refractivity contribution in [2.45, 2.75) is 6.54 Å². The molecule has 7 nitrogen and oxygen atoms in total. The number of nitrogens with zero attached hydrogens (tertiary/aromatic N) is 3. The summed E-state index contributed by atoms with van der Waals surface area (Å²) in [6, 6.07) is 11.3. The second-order valence-electron chi connectivity index (χ2n) is 5.89. The van der Waals surface area contributed by atoms with E-state index in [1.54, 1.807) is 12.3 Å². The first-order valence-electron chi connectivity index (χ1n) is 8.30. The number of hydrogen-bond donors (Lipinski definition) is 2. The lowest BCUT2D eigenvalue weighted by molar-refractivity contribution is 0.0950. The first-order chi connectivity index (χ1) is 12.3. The molecule has 0 radical (unpaired) electrons. The summed E-state index contributed by atoms with van der Waals surface area (Å²) in [5.41, 5.74) is 2.45. The molecule has 0 spiro atoms. The predicted molar refractivity (Wildman–Crippen MR) is 94.5 cm³/mol. The van der Waals surface area contributed by atoms with Crippen molar-refractivity contribution in [2.24, 2.45) is 0 Å². The zero-order chi connectivity index (χ0) is 17.1. The Bertz CT molecular complexity index is 853. The number of anilines is 1. The molecule has 128 valence electrons. The summed E-state index contributed by atoms with van der Waals surface area (Å²) < 4.78 is 5.35. The highest BCUT2D eigenvalue weighted by atomic mass is 16.5. The highest BCUT2D eigenvalue weighted by Crippen LogP contribution is 2.15.